The van der Waals surface area contributed by atoms with Crippen LogP contribution < -0.4 is 0 Å². The molecule has 33 heavy (non-hydrogen) atoms. The molecule has 2 aromatic rings. The Morgan fingerprint density at radius 3 is 2.09 bits per heavy atom. The second kappa shape index (κ2) is 8.61. The molecular formula is C26H33NO5Si. The lowest BCUT2D eigenvalue weighted by Gasteiger charge is -2.38. The van der Waals surface area contributed by atoms with Crippen molar-refractivity contribution in [3.63, 3.8) is 0 Å². The van der Waals surface area contributed by atoms with E-state index in [1.165, 1.54) is 4.90 Å². The molecule has 0 aromatic heterocycles. The van der Waals surface area contributed by atoms with Crippen molar-refractivity contribution in [3.8, 4) is 11.1 Å². The summed E-state index contributed by atoms with van der Waals surface area (Å²) in [6.07, 6.45) is -0.607. The highest BCUT2D eigenvalue weighted by atomic mass is 28.4. The molecule has 2 aromatic carbocycles. The normalized spacial score (nSPS) is 20.5. The number of fused-ring (bicyclic) bond motifs is 3. The highest BCUT2D eigenvalue weighted by Gasteiger charge is 2.46. The standard InChI is InChI=1S/C26H33NO5Si/c1-26(2,3)33(4,5)32-17-14-23(24(28)29)27(15-17)25(30)31-16-22-20-12-8-6-10-18(20)19-11-7-9-13-21(19)22/h6-13,17,22-23H,14-16H2,1-5H3,(H,28,29)/t17-,23+/m0/s1. The van der Waals surface area contributed by atoms with Crippen molar-refractivity contribution < 1.29 is 23.9 Å². The minimum absolute atomic E-state index is 0.00288. The van der Waals surface area contributed by atoms with Crippen molar-refractivity contribution in [1.82, 2.24) is 4.90 Å². The Bertz CT molecular complexity index is 1020. The van der Waals surface area contributed by atoms with E-state index in [0.29, 0.717) is 0 Å². The van der Waals surface area contributed by atoms with Gasteiger partial charge in [0.25, 0.3) is 0 Å². The predicted octanol–water partition coefficient (Wildman–Crippen LogP) is 5.48. The smallest absolute Gasteiger partial charge is 0.410 e. The first-order valence-corrected chi connectivity index (χ1v) is 14.4. The van der Waals surface area contributed by atoms with Gasteiger partial charge in [0, 0.05) is 18.9 Å². The highest BCUT2D eigenvalue weighted by molar-refractivity contribution is 6.74. The van der Waals surface area contributed by atoms with Gasteiger partial charge in [-0.1, -0.05) is 69.3 Å². The monoisotopic (exact) mass is 467 g/mol. The summed E-state index contributed by atoms with van der Waals surface area (Å²) in [4.78, 5) is 26.3. The number of likely N-dealkylation sites (tertiary alicyclic amines) is 1. The van der Waals surface area contributed by atoms with E-state index in [1.54, 1.807) is 0 Å². The van der Waals surface area contributed by atoms with Gasteiger partial charge in [-0.2, -0.15) is 0 Å². The summed E-state index contributed by atoms with van der Waals surface area (Å²) in [5.41, 5.74) is 4.56. The van der Waals surface area contributed by atoms with Gasteiger partial charge >= 0.3 is 12.1 Å². The van der Waals surface area contributed by atoms with Gasteiger partial charge in [-0.25, -0.2) is 9.59 Å². The van der Waals surface area contributed by atoms with Crippen LogP contribution in [0.1, 0.15) is 44.2 Å². The lowest BCUT2D eigenvalue weighted by molar-refractivity contribution is -0.141. The summed E-state index contributed by atoms with van der Waals surface area (Å²) in [7, 11) is -2.09. The number of carbonyl (C=O) groups excluding carboxylic acids is 1. The van der Waals surface area contributed by atoms with Crippen molar-refractivity contribution in [3.05, 3.63) is 59.7 Å². The van der Waals surface area contributed by atoms with Crippen LogP contribution in [0.5, 0.6) is 0 Å². The van der Waals surface area contributed by atoms with E-state index >= 15 is 0 Å². The van der Waals surface area contributed by atoms with Gasteiger partial charge < -0.3 is 14.3 Å². The molecule has 1 N–H and O–H groups in total. The molecule has 0 bridgehead atoms. The minimum atomic E-state index is -2.09. The number of carboxylic acids is 1. The van der Waals surface area contributed by atoms with Gasteiger partial charge in [0.15, 0.2) is 8.32 Å². The summed E-state index contributed by atoms with van der Waals surface area (Å²) >= 11 is 0. The molecule has 1 aliphatic heterocycles. The Balaban J connectivity index is 1.47. The number of hydrogen-bond acceptors (Lipinski definition) is 4. The Morgan fingerprint density at radius 2 is 1.58 bits per heavy atom. The first kappa shape index (κ1) is 23.5. The molecule has 1 fully saturated rings. The molecule has 1 saturated heterocycles. The summed E-state index contributed by atoms with van der Waals surface area (Å²) in [6.45, 7) is 11.1. The zero-order valence-corrected chi connectivity index (χ0v) is 21.0. The molecule has 7 heteroatoms. The predicted molar refractivity (Wildman–Crippen MR) is 130 cm³/mol. The second-order valence-electron chi connectivity index (χ2n) is 10.5. The third-order valence-corrected chi connectivity index (χ3v) is 11.9. The molecule has 2 atom stereocenters. The Kier molecular flexibility index (Phi) is 6.14. The largest absolute Gasteiger partial charge is 0.480 e. The fraction of sp³-hybridized carbons (Fsp3) is 0.462. The van der Waals surface area contributed by atoms with E-state index in [-0.39, 0.29) is 36.6 Å². The summed E-state index contributed by atoms with van der Waals surface area (Å²) < 4.78 is 12.2. The molecular weight excluding hydrogens is 434 g/mol. The van der Waals surface area contributed by atoms with Crippen molar-refractivity contribution in [2.45, 2.75) is 63.4 Å². The van der Waals surface area contributed by atoms with E-state index in [0.717, 1.165) is 22.3 Å². The summed E-state index contributed by atoms with van der Waals surface area (Å²) in [5, 5.41) is 9.76. The average Bonchev–Trinajstić information content (AvgIpc) is 3.30. The Hall–Kier alpha value is -2.64. The minimum Gasteiger partial charge on any atom is -0.480 e. The molecule has 1 aliphatic carbocycles. The van der Waals surface area contributed by atoms with Gasteiger partial charge in [0.05, 0.1) is 6.10 Å². The highest BCUT2D eigenvalue weighted by Crippen LogP contribution is 2.44. The van der Waals surface area contributed by atoms with Crippen LogP contribution in [0.15, 0.2) is 48.5 Å². The number of nitrogens with zero attached hydrogens (tertiary/aromatic N) is 1. The maximum Gasteiger partial charge on any atom is 0.410 e. The molecule has 0 unspecified atom stereocenters. The molecule has 0 spiro atoms. The maximum atomic E-state index is 13.0. The van der Waals surface area contributed by atoms with E-state index in [9.17, 15) is 14.7 Å². The van der Waals surface area contributed by atoms with Crippen LogP contribution in [0, 0.1) is 0 Å². The second-order valence-corrected chi connectivity index (χ2v) is 15.3. The fourth-order valence-corrected chi connectivity index (χ4v) is 5.95. The van der Waals surface area contributed by atoms with Gasteiger partial charge in [-0.15, -0.1) is 0 Å². The number of carboxylic acid groups (broad SMARTS) is 1. The average molecular weight is 468 g/mol. The van der Waals surface area contributed by atoms with E-state index in [4.69, 9.17) is 9.16 Å². The van der Waals surface area contributed by atoms with E-state index in [2.05, 4.69) is 58.1 Å². The number of aliphatic carboxylic acids is 1. The maximum absolute atomic E-state index is 13.0. The van der Waals surface area contributed by atoms with Crippen molar-refractivity contribution in [1.29, 1.82) is 0 Å². The van der Waals surface area contributed by atoms with Gasteiger partial charge in [-0.05, 0) is 40.4 Å². The number of ether oxygens (including phenoxy) is 1. The molecule has 1 amide bonds. The van der Waals surface area contributed by atoms with Crippen molar-refractivity contribution in [2.75, 3.05) is 13.2 Å². The number of benzene rings is 2. The molecule has 6 nitrogen and oxygen atoms in total. The lowest BCUT2D eigenvalue weighted by atomic mass is 9.98. The molecule has 0 radical (unpaired) electrons. The summed E-state index contributed by atoms with van der Waals surface area (Å²) in [5.74, 6) is -1.09. The third kappa shape index (κ3) is 4.44. The molecule has 4 rings (SSSR count). The Labute approximate surface area is 196 Å². The van der Waals surface area contributed by atoms with Gasteiger partial charge in [0.1, 0.15) is 12.6 Å². The zero-order valence-electron chi connectivity index (χ0n) is 20.0. The summed E-state index contributed by atoms with van der Waals surface area (Å²) in [6, 6.07) is 15.4. The lowest BCUT2D eigenvalue weighted by Crippen LogP contribution is -2.45. The Morgan fingerprint density at radius 1 is 1.03 bits per heavy atom. The topological polar surface area (TPSA) is 76.1 Å². The first-order valence-electron chi connectivity index (χ1n) is 11.5. The number of carbonyl (C=O) groups is 2. The number of amides is 1. The van der Waals surface area contributed by atoms with Crippen LogP contribution in [0.3, 0.4) is 0 Å². The van der Waals surface area contributed by atoms with Gasteiger partial charge in [0.2, 0.25) is 0 Å². The van der Waals surface area contributed by atoms with Crippen molar-refractivity contribution in [2.24, 2.45) is 0 Å². The molecule has 176 valence electrons. The van der Waals surface area contributed by atoms with Crippen LogP contribution in [-0.2, 0) is 14.0 Å². The van der Waals surface area contributed by atoms with Crippen LogP contribution in [-0.4, -0.2) is 55.7 Å². The number of hydrogen-bond donors (Lipinski definition) is 1. The van der Waals surface area contributed by atoms with E-state index < -0.39 is 26.4 Å². The number of rotatable bonds is 5. The van der Waals surface area contributed by atoms with Crippen LogP contribution >= 0.6 is 0 Å². The van der Waals surface area contributed by atoms with Crippen LogP contribution in [0.25, 0.3) is 11.1 Å². The molecule has 0 saturated carbocycles. The van der Waals surface area contributed by atoms with E-state index in [1.807, 2.05) is 24.3 Å². The molecule has 2 aliphatic rings. The fourth-order valence-electron chi connectivity index (χ4n) is 4.59. The third-order valence-electron chi connectivity index (χ3n) is 7.39. The van der Waals surface area contributed by atoms with Gasteiger partial charge in [-0.3, -0.25) is 4.90 Å². The first-order chi connectivity index (χ1) is 15.5. The SMILES string of the molecule is CC(C)(C)[Si](C)(C)O[C@H]1C[C@H](C(=O)O)N(C(=O)OCC2c3ccccc3-c3ccccc32)C1. The van der Waals surface area contributed by atoms with Crippen molar-refractivity contribution >= 4 is 20.4 Å². The molecule has 1 heterocycles. The quantitative estimate of drug-likeness (QED) is 0.589. The van der Waals surface area contributed by atoms with Crippen LogP contribution in [0.2, 0.25) is 18.1 Å². The van der Waals surface area contributed by atoms with Crippen LogP contribution in [0.4, 0.5) is 4.79 Å². The zero-order chi connectivity index (χ0) is 24.0.